The van der Waals surface area contributed by atoms with Crippen LogP contribution in [0.4, 0.5) is 0 Å². The van der Waals surface area contributed by atoms with Crippen LogP contribution < -0.4 is 5.73 Å². The topological polar surface area (TPSA) is 26.0 Å². The van der Waals surface area contributed by atoms with Gasteiger partial charge in [0.25, 0.3) is 0 Å². The van der Waals surface area contributed by atoms with Crippen molar-refractivity contribution in [2.75, 3.05) is 11.5 Å². The minimum Gasteiger partial charge on any atom is -0.326 e. The van der Waals surface area contributed by atoms with E-state index in [-0.39, 0.29) is 18.4 Å². The molecule has 0 amide bonds. The lowest BCUT2D eigenvalue weighted by Crippen LogP contribution is -2.25. The number of rotatable bonds is 8. The van der Waals surface area contributed by atoms with Gasteiger partial charge in [0.2, 0.25) is 0 Å². The Hall–Kier alpha value is -0.610. The summed E-state index contributed by atoms with van der Waals surface area (Å²) >= 11 is 3.84. The van der Waals surface area contributed by atoms with Gasteiger partial charge in [-0.2, -0.15) is 23.5 Å². The third kappa shape index (κ3) is 7.82. The summed E-state index contributed by atoms with van der Waals surface area (Å²) in [5.41, 5.74) is 8.91. The van der Waals surface area contributed by atoms with Crippen LogP contribution in [0.3, 0.4) is 0 Å². The van der Waals surface area contributed by atoms with Crippen LogP contribution in [0.2, 0.25) is 0 Å². The SMILES string of the molecule is Cl.NC(CSCc1ccccc1)CSCc1ccccc1. The van der Waals surface area contributed by atoms with Crippen molar-refractivity contribution in [2.45, 2.75) is 17.5 Å². The van der Waals surface area contributed by atoms with Crippen LogP contribution >= 0.6 is 35.9 Å². The molecule has 0 fully saturated rings. The summed E-state index contributed by atoms with van der Waals surface area (Å²) in [6, 6.07) is 21.4. The molecule has 114 valence electrons. The van der Waals surface area contributed by atoms with Gasteiger partial charge in [-0.05, 0) is 11.1 Å². The molecule has 0 saturated heterocycles. The van der Waals surface area contributed by atoms with Crippen LogP contribution in [-0.4, -0.2) is 17.5 Å². The molecule has 2 aromatic rings. The first-order valence-electron chi connectivity index (χ1n) is 6.83. The second-order valence-electron chi connectivity index (χ2n) is 4.76. The fourth-order valence-corrected chi connectivity index (χ4v) is 3.94. The summed E-state index contributed by atoms with van der Waals surface area (Å²) in [6.07, 6.45) is 0. The molecule has 2 rings (SSSR count). The molecule has 0 unspecified atom stereocenters. The Bertz CT molecular complexity index is 433. The predicted octanol–water partition coefficient (Wildman–Crippen LogP) is 4.60. The van der Waals surface area contributed by atoms with Crippen molar-refractivity contribution >= 4 is 35.9 Å². The van der Waals surface area contributed by atoms with E-state index < -0.39 is 0 Å². The third-order valence-electron chi connectivity index (χ3n) is 2.89. The first-order chi connectivity index (χ1) is 9.84. The van der Waals surface area contributed by atoms with Gasteiger partial charge in [0.15, 0.2) is 0 Å². The van der Waals surface area contributed by atoms with E-state index in [1.165, 1.54) is 11.1 Å². The maximum Gasteiger partial charge on any atom is 0.0222 e. The van der Waals surface area contributed by atoms with Gasteiger partial charge in [0.1, 0.15) is 0 Å². The molecule has 0 aliphatic rings. The van der Waals surface area contributed by atoms with Gasteiger partial charge in [-0.25, -0.2) is 0 Å². The van der Waals surface area contributed by atoms with E-state index in [1.54, 1.807) is 0 Å². The standard InChI is InChI=1S/C17H21NS2.ClH/c18-17(13-19-11-15-7-3-1-4-8-15)14-20-12-16-9-5-2-6-10-16;/h1-10,17H,11-14,18H2;1H. The highest BCUT2D eigenvalue weighted by molar-refractivity contribution is 7.99. The summed E-state index contributed by atoms with van der Waals surface area (Å²) < 4.78 is 0. The van der Waals surface area contributed by atoms with E-state index in [0.29, 0.717) is 0 Å². The molecule has 0 aliphatic heterocycles. The Morgan fingerprint density at radius 2 is 1.10 bits per heavy atom. The normalized spacial score (nSPS) is 10.4. The van der Waals surface area contributed by atoms with E-state index in [0.717, 1.165) is 23.0 Å². The highest BCUT2D eigenvalue weighted by Crippen LogP contribution is 2.16. The third-order valence-corrected chi connectivity index (χ3v) is 5.29. The summed E-state index contributed by atoms with van der Waals surface area (Å²) in [6.45, 7) is 0. The molecule has 0 aromatic heterocycles. The Kier molecular flexibility index (Phi) is 9.68. The van der Waals surface area contributed by atoms with E-state index in [1.807, 2.05) is 23.5 Å². The molecule has 0 aliphatic carbocycles. The van der Waals surface area contributed by atoms with Crippen molar-refractivity contribution in [3.05, 3.63) is 71.8 Å². The van der Waals surface area contributed by atoms with Gasteiger partial charge in [-0.1, -0.05) is 60.7 Å². The summed E-state index contributed by atoms with van der Waals surface area (Å²) in [7, 11) is 0. The minimum atomic E-state index is 0. The van der Waals surface area contributed by atoms with Crippen molar-refractivity contribution in [3.63, 3.8) is 0 Å². The van der Waals surface area contributed by atoms with Gasteiger partial charge in [0.05, 0.1) is 0 Å². The fourth-order valence-electron chi connectivity index (χ4n) is 1.85. The number of benzene rings is 2. The van der Waals surface area contributed by atoms with Gasteiger partial charge < -0.3 is 5.73 Å². The molecule has 1 nitrogen and oxygen atoms in total. The maximum atomic E-state index is 6.16. The maximum absolute atomic E-state index is 6.16. The van der Waals surface area contributed by atoms with Crippen molar-refractivity contribution in [1.82, 2.24) is 0 Å². The van der Waals surface area contributed by atoms with E-state index in [2.05, 4.69) is 60.7 Å². The van der Waals surface area contributed by atoms with Crippen molar-refractivity contribution in [2.24, 2.45) is 5.73 Å². The molecule has 0 bridgehead atoms. The second-order valence-corrected chi connectivity index (χ2v) is 6.82. The Morgan fingerprint density at radius 1 is 0.714 bits per heavy atom. The molecule has 21 heavy (non-hydrogen) atoms. The van der Waals surface area contributed by atoms with Crippen LogP contribution in [0.5, 0.6) is 0 Å². The first kappa shape index (κ1) is 18.4. The quantitative estimate of drug-likeness (QED) is 0.761. The lowest BCUT2D eigenvalue weighted by molar-refractivity contribution is 0.859. The molecule has 4 heteroatoms. The zero-order chi connectivity index (χ0) is 14.0. The van der Waals surface area contributed by atoms with Crippen LogP contribution in [-0.2, 0) is 11.5 Å². The van der Waals surface area contributed by atoms with Crippen molar-refractivity contribution < 1.29 is 0 Å². The Labute approximate surface area is 142 Å². The van der Waals surface area contributed by atoms with E-state index in [9.17, 15) is 0 Å². The largest absolute Gasteiger partial charge is 0.326 e. The molecule has 2 N–H and O–H groups in total. The molecule has 0 saturated carbocycles. The molecule has 0 spiro atoms. The van der Waals surface area contributed by atoms with Crippen LogP contribution in [0, 0.1) is 0 Å². The molecular weight excluding hydrogens is 318 g/mol. The molecule has 0 radical (unpaired) electrons. The number of hydrogen-bond acceptors (Lipinski definition) is 3. The van der Waals surface area contributed by atoms with Gasteiger partial charge in [0, 0.05) is 29.1 Å². The van der Waals surface area contributed by atoms with Crippen LogP contribution in [0.15, 0.2) is 60.7 Å². The smallest absolute Gasteiger partial charge is 0.0222 e. The zero-order valence-electron chi connectivity index (χ0n) is 12.0. The van der Waals surface area contributed by atoms with Gasteiger partial charge in [-0.3, -0.25) is 0 Å². The molecule has 0 atom stereocenters. The fraction of sp³-hybridized carbons (Fsp3) is 0.294. The van der Waals surface area contributed by atoms with E-state index in [4.69, 9.17) is 5.73 Å². The van der Waals surface area contributed by atoms with Crippen LogP contribution in [0.1, 0.15) is 11.1 Å². The monoisotopic (exact) mass is 339 g/mol. The summed E-state index contributed by atoms with van der Waals surface area (Å²) in [5.74, 6) is 4.16. The number of halogens is 1. The first-order valence-corrected chi connectivity index (χ1v) is 9.14. The number of hydrogen-bond donors (Lipinski definition) is 1. The lowest BCUT2D eigenvalue weighted by Gasteiger charge is -2.11. The zero-order valence-corrected chi connectivity index (χ0v) is 14.4. The molecular formula is C17H22ClNS2. The van der Waals surface area contributed by atoms with Crippen molar-refractivity contribution in [3.8, 4) is 0 Å². The minimum absolute atomic E-state index is 0. The Morgan fingerprint density at radius 3 is 1.48 bits per heavy atom. The highest BCUT2D eigenvalue weighted by atomic mass is 35.5. The van der Waals surface area contributed by atoms with E-state index >= 15 is 0 Å². The van der Waals surface area contributed by atoms with Gasteiger partial charge >= 0.3 is 0 Å². The molecule has 2 aromatic carbocycles. The Balaban J connectivity index is 0.00000220. The average molecular weight is 340 g/mol. The lowest BCUT2D eigenvalue weighted by atomic mass is 10.2. The predicted molar refractivity (Wildman–Crippen MR) is 100 cm³/mol. The molecule has 0 heterocycles. The summed E-state index contributed by atoms with van der Waals surface area (Å²) in [4.78, 5) is 0. The van der Waals surface area contributed by atoms with Gasteiger partial charge in [-0.15, -0.1) is 12.4 Å². The van der Waals surface area contributed by atoms with Crippen LogP contribution in [0.25, 0.3) is 0 Å². The number of thioether (sulfide) groups is 2. The van der Waals surface area contributed by atoms with Crippen molar-refractivity contribution in [1.29, 1.82) is 0 Å². The highest BCUT2D eigenvalue weighted by Gasteiger charge is 2.03. The summed E-state index contributed by atoms with van der Waals surface area (Å²) in [5, 5.41) is 0. The number of nitrogens with two attached hydrogens (primary N) is 1. The average Bonchev–Trinajstić information content (AvgIpc) is 2.49. The second kappa shape index (κ2) is 11.0.